The number of likely N-dealkylation sites (tertiary alicyclic amines) is 2. The number of amides is 3. The van der Waals surface area contributed by atoms with Crippen LogP contribution in [0.15, 0.2) is 53.5 Å². The molecule has 14 heteroatoms. The van der Waals surface area contributed by atoms with E-state index in [2.05, 4.69) is 27.7 Å². The molecule has 0 bridgehead atoms. The number of likely N-dealkylation sites (N-methyl/N-ethyl adjacent to an activating group) is 1. The van der Waals surface area contributed by atoms with Crippen LogP contribution in [0.25, 0.3) is 0 Å². The molecule has 0 aliphatic carbocycles. The number of rotatable bonds is 6. The number of anilines is 2. The van der Waals surface area contributed by atoms with Gasteiger partial charge in [-0.25, -0.2) is 4.68 Å². The second kappa shape index (κ2) is 14.8. The van der Waals surface area contributed by atoms with E-state index in [1.165, 1.54) is 10.7 Å². The van der Waals surface area contributed by atoms with E-state index in [-0.39, 0.29) is 52.9 Å². The average Bonchev–Trinajstić information content (AvgIpc) is 3.15. The number of benzene rings is 2. The number of hydrogen-bond acceptors (Lipinski definition) is 8. The summed E-state index contributed by atoms with van der Waals surface area (Å²) < 4.78 is 44.3. The monoisotopic (exact) mass is 747 g/mol. The zero-order chi connectivity index (χ0) is 38.4. The second-order valence-corrected chi connectivity index (χ2v) is 15.8. The quantitative estimate of drug-likeness (QED) is 0.337. The first-order valence-electron chi connectivity index (χ1n) is 18.9. The van der Waals surface area contributed by atoms with Crippen molar-refractivity contribution in [2.24, 2.45) is 12.5 Å². The van der Waals surface area contributed by atoms with Crippen molar-refractivity contribution in [1.29, 1.82) is 0 Å². The normalized spacial score (nSPS) is 23.7. The SMILES string of the molecule is Cc1c(N[C@H]2C[C@@H](c3ccc(C(=O)N4CCC5(CC4)CCN(c4ccc(C6CCC(=O)NC6=O)cc4C(F)(F)F)CC5)cc3)CN(C)C2)cnn(C)c1=O. The molecule has 4 aliphatic rings. The Morgan fingerprint density at radius 3 is 2.26 bits per heavy atom. The van der Waals surface area contributed by atoms with Gasteiger partial charge in [0.25, 0.3) is 11.5 Å². The molecule has 0 radical (unpaired) electrons. The number of carbonyl (C=O) groups excluding carboxylic acids is 3. The first-order valence-corrected chi connectivity index (χ1v) is 18.9. The molecule has 0 saturated carbocycles. The molecule has 4 fully saturated rings. The molecule has 3 atom stereocenters. The summed E-state index contributed by atoms with van der Waals surface area (Å²) in [7, 11) is 3.73. The van der Waals surface area contributed by atoms with Crippen LogP contribution >= 0.6 is 0 Å². The minimum Gasteiger partial charge on any atom is -0.379 e. The van der Waals surface area contributed by atoms with Crippen LogP contribution in [0.1, 0.15) is 89.4 Å². The van der Waals surface area contributed by atoms with Gasteiger partial charge in [-0.15, -0.1) is 0 Å². The predicted molar refractivity (Wildman–Crippen MR) is 199 cm³/mol. The predicted octanol–water partition coefficient (Wildman–Crippen LogP) is 5.05. The second-order valence-electron chi connectivity index (χ2n) is 15.8. The summed E-state index contributed by atoms with van der Waals surface area (Å²) in [5, 5.41) is 9.94. The standard InChI is InChI=1S/C40H48F3N7O4/c1-25-33(22-44-48(3)37(25)53)45-30-20-29(23-47(2)24-30)26-4-6-27(7-5-26)38(54)50-18-14-39(15-19-50)12-16-49(17-13-39)34-10-8-28(21-32(34)40(41,42)43)31-9-11-35(51)46-36(31)52/h4-8,10,21-22,29-31,45H,9,11-20,23-24H2,1-3H3,(H,46,51,52)/t29-,30+,31?/m1/s1. The van der Waals surface area contributed by atoms with Crippen molar-refractivity contribution in [3.63, 3.8) is 0 Å². The molecule has 54 heavy (non-hydrogen) atoms. The van der Waals surface area contributed by atoms with Gasteiger partial charge in [-0.3, -0.25) is 24.5 Å². The number of imide groups is 1. The first kappa shape index (κ1) is 37.6. The lowest BCUT2D eigenvalue weighted by molar-refractivity contribution is -0.138. The molecule has 4 aliphatic heterocycles. The number of aryl methyl sites for hydroxylation is 1. The van der Waals surface area contributed by atoms with Crippen molar-refractivity contribution in [2.45, 2.75) is 75.9 Å². The van der Waals surface area contributed by atoms with Crippen molar-refractivity contribution in [3.05, 3.63) is 86.8 Å². The van der Waals surface area contributed by atoms with Gasteiger partial charge in [0, 0.05) is 75.6 Å². The molecule has 7 rings (SSSR count). The van der Waals surface area contributed by atoms with Gasteiger partial charge in [0.05, 0.1) is 23.4 Å². The lowest BCUT2D eigenvalue weighted by atomic mass is 9.71. The van der Waals surface area contributed by atoms with Crippen molar-refractivity contribution in [2.75, 3.05) is 56.5 Å². The Morgan fingerprint density at radius 2 is 1.59 bits per heavy atom. The van der Waals surface area contributed by atoms with E-state index < -0.39 is 29.5 Å². The molecule has 288 valence electrons. The third kappa shape index (κ3) is 7.75. The van der Waals surface area contributed by atoms with Crippen molar-refractivity contribution in [3.8, 4) is 0 Å². The molecule has 3 amide bonds. The summed E-state index contributed by atoms with van der Waals surface area (Å²) in [5.74, 6) is -1.51. The van der Waals surface area contributed by atoms with Crippen LogP contribution in [0.3, 0.4) is 0 Å². The van der Waals surface area contributed by atoms with Crippen molar-refractivity contribution in [1.82, 2.24) is 24.9 Å². The molecular weight excluding hydrogens is 699 g/mol. The Hall–Kier alpha value is -4.72. The number of aromatic nitrogens is 2. The van der Waals surface area contributed by atoms with Crippen LogP contribution in [0, 0.1) is 12.3 Å². The third-order valence-corrected chi connectivity index (χ3v) is 12.2. The van der Waals surface area contributed by atoms with Gasteiger partial charge < -0.3 is 20.0 Å². The Kier molecular flexibility index (Phi) is 10.3. The van der Waals surface area contributed by atoms with E-state index >= 15 is 0 Å². The zero-order valence-electron chi connectivity index (χ0n) is 31.0. The number of hydrogen-bond donors (Lipinski definition) is 2. The van der Waals surface area contributed by atoms with Crippen molar-refractivity contribution < 1.29 is 27.6 Å². The third-order valence-electron chi connectivity index (χ3n) is 12.2. The Bertz CT molecular complexity index is 1960. The van der Waals surface area contributed by atoms with Gasteiger partial charge in [-0.05, 0) is 99.2 Å². The zero-order valence-corrected chi connectivity index (χ0v) is 31.0. The molecule has 2 aromatic carbocycles. The number of piperidine rings is 4. The summed E-state index contributed by atoms with van der Waals surface area (Å²) in [4.78, 5) is 55.9. The maximum absolute atomic E-state index is 14.3. The summed E-state index contributed by atoms with van der Waals surface area (Å²) in [6.07, 6.45) is 1.34. The smallest absolute Gasteiger partial charge is 0.379 e. The van der Waals surface area contributed by atoms with Crippen molar-refractivity contribution >= 4 is 29.1 Å². The fourth-order valence-corrected chi connectivity index (χ4v) is 8.95. The molecule has 1 unspecified atom stereocenters. The van der Waals surface area contributed by atoms with E-state index in [4.69, 9.17) is 0 Å². The highest BCUT2D eigenvalue weighted by Gasteiger charge is 2.42. The summed E-state index contributed by atoms with van der Waals surface area (Å²) in [6, 6.07) is 12.2. The van der Waals surface area contributed by atoms with E-state index in [1.54, 1.807) is 24.2 Å². The molecule has 1 spiro atoms. The van der Waals surface area contributed by atoms with E-state index in [0.29, 0.717) is 37.3 Å². The van der Waals surface area contributed by atoms with Gasteiger partial charge in [0.2, 0.25) is 11.8 Å². The van der Waals surface area contributed by atoms with Gasteiger partial charge in [0.15, 0.2) is 0 Å². The fraction of sp³-hybridized carbons (Fsp3) is 0.525. The highest BCUT2D eigenvalue weighted by Crippen LogP contribution is 2.45. The molecule has 5 heterocycles. The van der Waals surface area contributed by atoms with E-state index in [0.717, 1.165) is 62.5 Å². The highest BCUT2D eigenvalue weighted by atomic mass is 19.4. The van der Waals surface area contributed by atoms with Crippen LogP contribution < -0.4 is 21.1 Å². The number of nitrogens with one attached hydrogen (secondary N) is 2. The first-order chi connectivity index (χ1) is 25.7. The molecule has 11 nitrogen and oxygen atoms in total. The minimum atomic E-state index is -4.60. The van der Waals surface area contributed by atoms with Crippen LogP contribution in [0.2, 0.25) is 0 Å². The van der Waals surface area contributed by atoms with E-state index in [9.17, 15) is 32.3 Å². The lowest BCUT2D eigenvalue weighted by Gasteiger charge is -2.47. The summed E-state index contributed by atoms with van der Waals surface area (Å²) in [5.41, 5.74) is 2.68. The largest absolute Gasteiger partial charge is 0.418 e. The molecular formula is C40H48F3N7O4. The van der Waals surface area contributed by atoms with Gasteiger partial charge in [0.1, 0.15) is 0 Å². The number of alkyl halides is 3. The van der Waals surface area contributed by atoms with Crippen LogP contribution in [-0.2, 0) is 22.8 Å². The van der Waals surface area contributed by atoms with Crippen LogP contribution in [0.5, 0.6) is 0 Å². The number of carbonyl (C=O) groups is 3. The average molecular weight is 748 g/mol. The summed E-state index contributed by atoms with van der Waals surface area (Å²) in [6.45, 7) is 5.69. The van der Waals surface area contributed by atoms with Gasteiger partial charge in [-0.2, -0.15) is 18.3 Å². The number of halogens is 3. The Balaban J connectivity index is 0.940. The molecule has 4 saturated heterocycles. The van der Waals surface area contributed by atoms with Crippen LogP contribution in [-0.4, -0.2) is 89.7 Å². The maximum Gasteiger partial charge on any atom is 0.418 e. The highest BCUT2D eigenvalue weighted by molar-refractivity contribution is 6.01. The molecule has 3 aromatic rings. The molecule has 1 aromatic heterocycles. The van der Waals surface area contributed by atoms with Gasteiger partial charge >= 0.3 is 6.18 Å². The molecule has 2 N–H and O–H groups in total. The summed E-state index contributed by atoms with van der Waals surface area (Å²) >= 11 is 0. The fourth-order valence-electron chi connectivity index (χ4n) is 8.95. The lowest BCUT2D eigenvalue weighted by Crippen LogP contribution is -2.48. The maximum atomic E-state index is 14.3. The number of nitrogens with zero attached hydrogens (tertiary/aromatic N) is 5. The van der Waals surface area contributed by atoms with Crippen LogP contribution in [0.4, 0.5) is 24.5 Å². The van der Waals surface area contributed by atoms with Gasteiger partial charge in [-0.1, -0.05) is 18.2 Å². The minimum absolute atomic E-state index is 0.00584. The topological polar surface area (TPSA) is 120 Å². The van der Waals surface area contributed by atoms with E-state index in [1.807, 2.05) is 36.1 Å². The Morgan fingerprint density at radius 1 is 0.926 bits per heavy atom. The Labute approximate surface area is 312 Å².